The molecule has 2 heterocycles. The number of carboxylic acids is 1. The third kappa shape index (κ3) is 4.23. The van der Waals surface area contributed by atoms with Gasteiger partial charge in [0.15, 0.2) is 0 Å². The van der Waals surface area contributed by atoms with E-state index < -0.39 is 23.5 Å². The largest absolute Gasteiger partial charge is 0.481 e. The molecule has 0 amide bonds. The van der Waals surface area contributed by atoms with Crippen molar-refractivity contribution in [3.05, 3.63) is 113 Å². The number of carbonyl (C=O) groups is 1. The fourth-order valence-corrected chi connectivity index (χ4v) is 6.22. The summed E-state index contributed by atoms with van der Waals surface area (Å²) in [6.07, 6.45) is -0.713. The number of benzene rings is 3. The zero-order valence-corrected chi connectivity index (χ0v) is 21.4. The van der Waals surface area contributed by atoms with Crippen molar-refractivity contribution in [1.29, 1.82) is 0 Å². The summed E-state index contributed by atoms with van der Waals surface area (Å²) >= 11 is 0. The van der Waals surface area contributed by atoms with Gasteiger partial charge in [-0.05, 0) is 59.4 Å². The topological polar surface area (TPSA) is 64.3 Å². The Bertz CT molecular complexity index is 1830. The Balaban J connectivity index is 1.26. The molecule has 0 radical (unpaired) electrons. The van der Waals surface area contributed by atoms with Crippen LogP contribution in [0.15, 0.2) is 85.2 Å². The van der Waals surface area contributed by atoms with Crippen LogP contribution in [0.2, 0.25) is 0 Å². The number of carboxylic acid groups (broad SMARTS) is 1. The normalized spacial score (nSPS) is 19.2. The van der Waals surface area contributed by atoms with Crippen LogP contribution in [-0.4, -0.2) is 20.6 Å². The van der Waals surface area contributed by atoms with E-state index in [1.165, 1.54) is 24.3 Å². The van der Waals surface area contributed by atoms with Crippen LogP contribution in [0.3, 0.4) is 0 Å². The first-order chi connectivity index (χ1) is 19.7. The van der Waals surface area contributed by atoms with Crippen LogP contribution in [0.4, 0.5) is 17.6 Å². The van der Waals surface area contributed by atoms with E-state index in [-0.39, 0.29) is 41.4 Å². The van der Waals surface area contributed by atoms with Gasteiger partial charge < -0.3 is 14.4 Å². The highest BCUT2D eigenvalue weighted by Crippen LogP contribution is 2.61. The number of rotatable bonds is 6. The average Bonchev–Trinajstić information content (AvgIpc) is 3.37. The monoisotopic (exact) mass is 558 g/mol. The van der Waals surface area contributed by atoms with Gasteiger partial charge >= 0.3 is 12.1 Å². The Labute approximate surface area is 231 Å². The number of hydrogen-bond donors (Lipinski definition) is 1. The van der Waals surface area contributed by atoms with Crippen molar-refractivity contribution in [3.8, 4) is 22.7 Å². The second-order valence-electron chi connectivity index (χ2n) is 10.5. The van der Waals surface area contributed by atoms with E-state index in [9.17, 15) is 23.1 Å². The number of halogens is 4. The minimum Gasteiger partial charge on any atom is -0.481 e. The van der Waals surface area contributed by atoms with Crippen LogP contribution >= 0.6 is 0 Å². The molecule has 2 aliphatic carbocycles. The molecule has 1 fully saturated rings. The molecule has 3 aromatic carbocycles. The maximum atomic E-state index is 15.4. The minimum atomic E-state index is -4.58. The molecule has 2 aromatic heterocycles. The van der Waals surface area contributed by atoms with Crippen molar-refractivity contribution in [1.82, 2.24) is 9.55 Å². The summed E-state index contributed by atoms with van der Waals surface area (Å²) in [5.74, 6) is -1.38. The van der Waals surface area contributed by atoms with Gasteiger partial charge in [-0.2, -0.15) is 13.2 Å². The van der Waals surface area contributed by atoms with E-state index in [0.717, 1.165) is 17.2 Å². The van der Waals surface area contributed by atoms with Crippen molar-refractivity contribution in [2.75, 3.05) is 0 Å². The van der Waals surface area contributed by atoms with Crippen molar-refractivity contribution in [2.24, 2.45) is 11.8 Å². The number of aromatic nitrogens is 2. The lowest BCUT2D eigenvalue weighted by atomic mass is 9.98. The van der Waals surface area contributed by atoms with Gasteiger partial charge in [0.2, 0.25) is 5.88 Å². The van der Waals surface area contributed by atoms with E-state index in [4.69, 9.17) is 4.74 Å². The average molecular weight is 559 g/mol. The quantitative estimate of drug-likeness (QED) is 0.221. The molecule has 0 spiro atoms. The Morgan fingerprint density at radius 1 is 1.02 bits per heavy atom. The molecule has 0 saturated heterocycles. The summed E-state index contributed by atoms with van der Waals surface area (Å²) in [5.41, 5.74) is 2.71. The van der Waals surface area contributed by atoms with Gasteiger partial charge in [-0.3, -0.25) is 4.79 Å². The Kier molecular flexibility index (Phi) is 5.67. The lowest BCUT2D eigenvalue weighted by Crippen LogP contribution is -2.07. The highest BCUT2D eigenvalue weighted by molar-refractivity contribution is 5.98. The zero-order valence-electron chi connectivity index (χ0n) is 21.4. The van der Waals surface area contributed by atoms with E-state index in [1.807, 2.05) is 6.07 Å². The van der Waals surface area contributed by atoms with Crippen molar-refractivity contribution in [2.45, 2.75) is 25.1 Å². The fourth-order valence-electron chi connectivity index (χ4n) is 6.22. The zero-order chi connectivity index (χ0) is 28.5. The fraction of sp³-hybridized carbons (Fsp3) is 0.188. The second-order valence-corrected chi connectivity index (χ2v) is 10.5. The molecule has 5 nitrogen and oxygen atoms in total. The molecule has 206 valence electrons. The van der Waals surface area contributed by atoms with Gasteiger partial charge in [-0.15, -0.1) is 0 Å². The van der Waals surface area contributed by atoms with Crippen LogP contribution in [0.5, 0.6) is 5.88 Å². The van der Waals surface area contributed by atoms with Gasteiger partial charge in [-0.1, -0.05) is 36.4 Å². The highest BCUT2D eigenvalue weighted by Gasteiger charge is 2.59. The first-order valence-electron chi connectivity index (χ1n) is 13.1. The summed E-state index contributed by atoms with van der Waals surface area (Å²) in [5, 5.41) is 9.78. The van der Waals surface area contributed by atoms with Crippen molar-refractivity contribution in [3.63, 3.8) is 0 Å². The molecule has 0 unspecified atom stereocenters. The van der Waals surface area contributed by atoms with Crippen LogP contribution in [0.25, 0.3) is 27.7 Å². The van der Waals surface area contributed by atoms with Gasteiger partial charge in [0.25, 0.3) is 0 Å². The number of ether oxygens (including phenoxy) is 1. The summed E-state index contributed by atoms with van der Waals surface area (Å²) < 4.78 is 64.9. The van der Waals surface area contributed by atoms with Crippen LogP contribution in [0, 0.1) is 17.7 Å². The molecule has 0 aliphatic heterocycles. The third-order valence-corrected chi connectivity index (χ3v) is 8.17. The first kappa shape index (κ1) is 25.3. The van der Waals surface area contributed by atoms with Gasteiger partial charge in [-0.25, -0.2) is 9.37 Å². The maximum Gasteiger partial charge on any atom is 0.417 e. The molecule has 1 saturated carbocycles. The molecule has 5 aromatic rings. The molecule has 0 bridgehead atoms. The summed E-state index contributed by atoms with van der Waals surface area (Å²) in [6, 6.07) is 19.0. The number of pyridine rings is 1. The van der Waals surface area contributed by atoms with E-state index in [0.29, 0.717) is 28.6 Å². The number of para-hydroxylation sites is 1. The summed E-state index contributed by atoms with van der Waals surface area (Å²) in [7, 11) is 0. The van der Waals surface area contributed by atoms with Gasteiger partial charge in [0.05, 0.1) is 17.0 Å². The Morgan fingerprint density at radius 3 is 2.54 bits per heavy atom. The Hall–Kier alpha value is -4.66. The van der Waals surface area contributed by atoms with Crippen molar-refractivity contribution < 1.29 is 32.2 Å². The molecule has 1 N–H and O–H groups in total. The van der Waals surface area contributed by atoms with Gasteiger partial charge in [0.1, 0.15) is 12.4 Å². The number of aliphatic carboxylic acids is 1. The number of hydrogen-bond acceptors (Lipinski definition) is 3. The SMILES string of the molecule is O=C(O)[C@H]1[C@@H]2Cc3cc(OCc4cc5c(-c6ccccc6C(F)(F)F)cn(-c6ccccc6)c5cc4F)ncc3[C@@H]21. The lowest BCUT2D eigenvalue weighted by molar-refractivity contribution is -0.139. The number of alkyl halides is 3. The van der Waals surface area contributed by atoms with Crippen LogP contribution in [0.1, 0.15) is 28.2 Å². The molecule has 41 heavy (non-hydrogen) atoms. The molecule has 7 rings (SSSR count). The molecular weight excluding hydrogens is 536 g/mol. The Morgan fingerprint density at radius 2 is 1.78 bits per heavy atom. The number of fused-ring (bicyclic) bond motifs is 4. The molecule has 9 heteroatoms. The minimum absolute atomic E-state index is 0.00308. The highest BCUT2D eigenvalue weighted by atomic mass is 19.4. The van der Waals surface area contributed by atoms with Gasteiger partial charge in [0, 0.05) is 46.6 Å². The molecule has 2 aliphatic rings. The predicted molar refractivity (Wildman–Crippen MR) is 143 cm³/mol. The molecule has 3 atom stereocenters. The third-order valence-electron chi connectivity index (χ3n) is 8.17. The smallest absolute Gasteiger partial charge is 0.417 e. The maximum absolute atomic E-state index is 15.4. The van der Waals surface area contributed by atoms with E-state index >= 15 is 4.39 Å². The first-order valence-corrected chi connectivity index (χ1v) is 13.1. The number of nitrogens with zero attached hydrogens (tertiary/aromatic N) is 2. The van der Waals surface area contributed by atoms with E-state index in [1.54, 1.807) is 53.4 Å². The predicted octanol–water partition coefficient (Wildman–Crippen LogP) is 7.40. The van der Waals surface area contributed by atoms with E-state index in [2.05, 4.69) is 4.98 Å². The lowest BCUT2D eigenvalue weighted by Gasteiger charge is -2.13. The summed E-state index contributed by atoms with van der Waals surface area (Å²) in [6.45, 7) is -0.185. The standard InChI is InChI=1S/C32H22F4N2O3/c33-26-13-27-21(11-18(26)16-41-28-12-17-10-22-29(23(17)14-37-28)30(22)31(39)40)24(15-38(27)19-6-2-1-3-7-19)20-8-4-5-9-25(20)32(34,35)36/h1-9,11-15,22,29-30H,10,16H2,(H,39,40)/t22-,29-,30+/m1/s1. The van der Waals surface area contributed by atoms with Crippen molar-refractivity contribution >= 4 is 16.9 Å². The van der Waals surface area contributed by atoms with Crippen LogP contribution < -0.4 is 4.74 Å². The summed E-state index contributed by atoms with van der Waals surface area (Å²) in [4.78, 5) is 15.7. The second kappa shape index (κ2) is 9.19. The van der Waals surface area contributed by atoms with Crippen LogP contribution in [-0.2, 0) is 24.0 Å². The molecular formula is C32H22F4N2O3.